The van der Waals surface area contributed by atoms with Crippen LogP contribution in [-0.4, -0.2) is 32.9 Å². The lowest BCUT2D eigenvalue weighted by atomic mass is 10.5. The van der Waals surface area contributed by atoms with Gasteiger partial charge in [-0.05, 0) is 10.3 Å². The molecule has 0 aliphatic rings. The monoisotopic (exact) mass is 221 g/mol. The van der Waals surface area contributed by atoms with Gasteiger partial charge in [0, 0.05) is 0 Å². The lowest BCUT2D eigenvalue weighted by Crippen LogP contribution is -2.35. The molecule has 0 aliphatic heterocycles. The average Bonchev–Trinajstić information content (AvgIpc) is 2.51. The number of rotatable bonds is 5. The summed E-state index contributed by atoms with van der Waals surface area (Å²) in [5, 5.41) is 28.1. The van der Waals surface area contributed by atoms with Gasteiger partial charge in [0.15, 0.2) is 6.54 Å². The highest BCUT2D eigenvalue weighted by Gasteiger charge is 2.32. The SMILES string of the molecule is O=[N+]([O-])C(CNc1nonc1F)[N+](=O)[O-]. The average molecular weight is 221 g/mol. The van der Waals surface area contributed by atoms with Gasteiger partial charge in [-0.2, -0.15) is 4.39 Å². The smallest absolute Gasteiger partial charge is 0.350 e. The van der Waals surface area contributed by atoms with Crippen LogP contribution in [0.1, 0.15) is 0 Å². The van der Waals surface area contributed by atoms with Crippen molar-refractivity contribution in [3.8, 4) is 0 Å². The first kappa shape index (κ1) is 10.7. The van der Waals surface area contributed by atoms with Crippen molar-refractivity contribution in [1.82, 2.24) is 10.3 Å². The third-order valence-corrected chi connectivity index (χ3v) is 1.39. The second-order valence-corrected chi connectivity index (χ2v) is 2.34. The number of hydrogen-bond acceptors (Lipinski definition) is 8. The molecule has 82 valence electrons. The fraction of sp³-hybridized carbons (Fsp3) is 0.500. The van der Waals surface area contributed by atoms with Crippen molar-refractivity contribution in [3.05, 3.63) is 26.2 Å². The maximum Gasteiger partial charge on any atom is 0.467 e. The molecule has 1 rings (SSSR count). The molecular weight excluding hydrogens is 217 g/mol. The maximum absolute atomic E-state index is 12.5. The molecule has 0 aromatic carbocycles. The minimum Gasteiger partial charge on any atom is -0.350 e. The first-order chi connectivity index (χ1) is 7.02. The van der Waals surface area contributed by atoms with Crippen molar-refractivity contribution >= 4 is 5.82 Å². The number of anilines is 1. The minimum atomic E-state index is -2.08. The Morgan fingerprint density at radius 3 is 2.40 bits per heavy atom. The molecule has 1 heterocycles. The van der Waals surface area contributed by atoms with Gasteiger partial charge in [-0.3, -0.25) is 20.2 Å². The van der Waals surface area contributed by atoms with Gasteiger partial charge >= 0.3 is 6.17 Å². The van der Waals surface area contributed by atoms with Crippen LogP contribution < -0.4 is 5.32 Å². The summed E-state index contributed by atoms with van der Waals surface area (Å²) in [6.45, 7) is -0.717. The van der Waals surface area contributed by atoms with Crippen LogP contribution in [0.5, 0.6) is 0 Å². The van der Waals surface area contributed by atoms with Crippen LogP contribution in [0.3, 0.4) is 0 Å². The zero-order chi connectivity index (χ0) is 11.4. The van der Waals surface area contributed by atoms with Crippen LogP contribution in [-0.2, 0) is 0 Å². The maximum atomic E-state index is 12.5. The van der Waals surface area contributed by atoms with Crippen LogP contribution >= 0.6 is 0 Å². The molecule has 0 bridgehead atoms. The normalized spacial score (nSPS) is 10.3. The number of nitrogens with one attached hydrogen (secondary N) is 1. The number of halogens is 1. The van der Waals surface area contributed by atoms with E-state index in [1.54, 1.807) is 0 Å². The Bertz CT molecular complexity index is 365. The van der Waals surface area contributed by atoms with E-state index in [0.29, 0.717) is 0 Å². The Morgan fingerprint density at radius 2 is 2.00 bits per heavy atom. The molecule has 15 heavy (non-hydrogen) atoms. The van der Waals surface area contributed by atoms with Gasteiger partial charge in [0.25, 0.3) is 5.95 Å². The molecule has 0 atom stereocenters. The summed E-state index contributed by atoms with van der Waals surface area (Å²) in [6, 6.07) is 0. The molecule has 0 amide bonds. The number of nitrogens with zero attached hydrogens (tertiary/aromatic N) is 4. The van der Waals surface area contributed by atoms with E-state index in [1.165, 1.54) is 0 Å². The lowest BCUT2D eigenvalue weighted by molar-refractivity contribution is -0.738. The van der Waals surface area contributed by atoms with E-state index in [9.17, 15) is 24.6 Å². The highest BCUT2D eigenvalue weighted by molar-refractivity contribution is 5.29. The molecule has 0 unspecified atom stereocenters. The van der Waals surface area contributed by atoms with Crippen LogP contribution in [0.4, 0.5) is 10.2 Å². The fourth-order valence-corrected chi connectivity index (χ4v) is 0.697. The molecule has 0 aliphatic carbocycles. The first-order valence-electron chi connectivity index (χ1n) is 3.51. The van der Waals surface area contributed by atoms with Crippen LogP contribution in [0.25, 0.3) is 0 Å². The third-order valence-electron chi connectivity index (χ3n) is 1.39. The van der Waals surface area contributed by atoms with Crippen molar-refractivity contribution in [2.24, 2.45) is 0 Å². The molecule has 1 N–H and O–H groups in total. The zero-order valence-corrected chi connectivity index (χ0v) is 6.99. The topological polar surface area (TPSA) is 137 Å². The summed E-state index contributed by atoms with van der Waals surface area (Å²) in [4.78, 5) is 18.1. The predicted octanol–water partition coefficient (Wildman–Crippen LogP) is -0.500. The van der Waals surface area contributed by atoms with E-state index in [0.717, 1.165) is 0 Å². The van der Waals surface area contributed by atoms with E-state index >= 15 is 0 Å². The molecule has 0 spiro atoms. The van der Waals surface area contributed by atoms with E-state index in [4.69, 9.17) is 0 Å². The Hall–Kier alpha value is -2.33. The van der Waals surface area contributed by atoms with Gasteiger partial charge in [0.05, 0.1) is 9.85 Å². The van der Waals surface area contributed by atoms with Crippen molar-refractivity contribution in [3.63, 3.8) is 0 Å². The van der Waals surface area contributed by atoms with Crippen molar-refractivity contribution in [1.29, 1.82) is 0 Å². The zero-order valence-electron chi connectivity index (χ0n) is 6.99. The third kappa shape index (κ3) is 2.55. The molecule has 0 fully saturated rings. The van der Waals surface area contributed by atoms with Crippen LogP contribution in [0.15, 0.2) is 4.63 Å². The van der Waals surface area contributed by atoms with Crippen molar-refractivity contribution < 1.29 is 18.9 Å². The van der Waals surface area contributed by atoms with Crippen LogP contribution in [0, 0.1) is 26.2 Å². The summed E-state index contributed by atoms with van der Waals surface area (Å²) in [6.07, 6.45) is -2.08. The molecule has 10 nitrogen and oxygen atoms in total. The van der Waals surface area contributed by atoms with E-state index < -0.39 is 34.3 Å². The molecular formula is C4H4FN5O5. The van der Waals surface area contributed by atoms with E-state index in [1.807, 2.05) is 5.32 Å². The predicted molar refractivity (Wildman–Crippen MR) is 40.5 cm³/mol. The standard InChI is InChI=1S/C4H4FN5O5/c5-3-4(8-15-7-3)6-1-2(9(11)12)10(13)14/h2H,1H2,(H,6,8). The molecule has 0 radical (unpaired) electrons. The van der Waals surface area contributed by atoms with Gasteiger partial charge in [0.1, 0.15) is 0 Å². The Balaban J connectivity index is 2.59. The van der Waals surface area contributed by atoms with Gasteiger partial charge in [-0.15, -0.1) is 0 Å². The molecule has 1 aromatic rings. The summed E-state index contributed by atoms with van der Waals surface area (Å²) in [5.41, 5.74) is 0. The largest absolute Gasteiger partial charge is 0.467 e. The van der Waals surface area contributed by atoms with E-state index in [2.05, 4.69) is 14.9 Å². The number of hydrogen-bond donors (Lipinski definition) is 1. The Labute approximate surface area is 80.3 Å². The summed E-state index contributed by atoms with van der Waals surface area (Å²) in [7, 11) is 0. The summed E-state index contributed by atoms with van der Waals surface area (Å²) in [5.74, 6) is -1.64. The van der Waals surface area contributed by atoms with Gasteiger partial charge in [-0.25, -0.2) is 4.63 Å². The molecule has 1 aromatic heterocycles. The van der Waals surface area contributed by atoms with Gasteiger partial charge < -0.3 is 5.32 Å². The Morgan fingerprint density at radius 1 is 1.40 bits per heavy atom. The summed E-state index contributed by atoms with van der Waals surface area (Å²) < 4.78 is 16.5. The highest BCUT2D eigenvalue weighted by atomic mass is 19.1. The minimum absolute atomic E-state index is 0.510. The fourth-order valence-electron chi connectivity index (χ4n) is 0.697. The van der Waals surface area contributed by atoms with Crippen LogP contribution in [0.2, 0.25) is 0 Å². The molecule has 0 saturated heterocycles. The Kier molecular flexibility index (Phi) is 3.05. The van der Waals surface area contributed by atoms with Gasteiger partial charge in [-0.1, -0.05) is 0 Å². The molecule has 0 saturated carbocycles. The second-order valence-electron chi connectivity index (χ2n) is 2.34. The number of nitro groups is 2. The molecule has 11 heteroatoms. The van der Waals surface area contributed by atoms with Gasteiger partial charge in [0.2, 0.25) is 5.82 Å². The van der Waals surface area contributed by atoms with Crippen molar-refractivity contribution in [2.45, 2.75) is 6.17 Å². The second kappa shape index (κ2) is 4.26. The quantitative estimate of drug-likeness (QED) is 0.399. The lowest BCUT2D eigenvalue weighted by Gasteiger charge is -2.01. The number of aromatic nitrogens is 2. The summed E-state index contributed by atoms with van der Waals surface area (Å²) >= 11 is 0. The van der Waals surface area contributed by atoms with Crippen molar-refractivity contribution in [2.75, 3.05) is 11.9 Å². The highest BCUT2D eigenvalue weighted by Crippen LogP contribution is 2.06. The van der Waals surface area contributed by atoms with E-state index in [-0.39, 0.29) is 0 Å². The first-order valence-corrected chi connectivity index (χ1v) is 3.51.